The van der Waals surface area contributed by atoms with Gasteiger partial charge in [-0.3, -0.25) is 5.32 Å². The Labute approximate surface area is 56.5 Å². The highest BCUT2D eigenvalue weighted by molar-refractivity contribution is 5.17. The van der Waals surface area contributed by atoms with Crippen LogP contribution < -0.4 is 5.32 Å². The fourth-order valence-corrected chi connectivity index (χ4v) is 0.946. The molecule has 0 amide bonds. The Hall–Kier alpha value is -0.720. The minimum Gasteiger partial charge on any atom is -0.289 e. The van der Waals surface area contributed by atoms with Crippen LogP contribution in [0.2, 0.25) is 0 Å². The van der Waals surface area contributed by atoms with Crippen molar-refractivity contribution in [2.45, 2.75) is 19.8 Å². The summed E-state index contributed by atoms with van der Waals surface area (Å²) in [4.78, 5) is 0. The second-order valence-electron chi connectivity index (χ2n) is 2.26. The molecule has 1 radical (unpaired) electrons. The monoisotopic (exact) mass is 122 g/mol. The molecule has 0 aromatic carbocycles. The van der Waals surface area contributed by atoms with Gasteiger partial charge in [0.25, 0.3) is 0 Å². The molecular formula is C8H12N. The van der Waals surface area contributed by atoms with Gasteiger partial charge in [-0.25, -0.2) is 0 Å². The van der Waals surface area contributed by atoms with E-state index < -0.39 is 0 Å². The molecule has 0 spiro atoms. The van der Waals surface area contributed by atoms with Crippen LogP contribution in [0.4, 0.5) is 0 Å². The average molecular weight is 122 g/mol. The number of nitrogens with zero attached hydrogens (tertiary/aromatic N) is 1. The Balaban J connectivity index is 2.38. The maximum absolute atomic E-state index is 4.13. The van der Waals surface area contributed by atoms with E-state index in [4.69, 9.17) is 0 Å². The molecule has 1 heterocycles. The minimum absolute atomic E-state index is 0.921. The fourth-order valence-electron chi connectivity index (χ4n) is 0.946. The van der Waals surface area contributed by atoms with Crippen LogP contribution >= 0.6 is 0 Å². The van der Waals surface area contributed by atoms with E-state index in [-0.39, 0.29) is 0 Å². The van der Waals surface area contributed by atoms with E-state index in [0.717, 1.165) is 6.54 Å². The fraction of sp³-hybridized carbons (Fsp3) is 0.500. The highest BCUT2D eigenvalue weighted by atomic mass is 14.8. The first kappa shape index (κ1) is 6.40. The van der Waals surface area contributed by atoms with Crippen molar-refractivity contribution in [1.29, 1.82) is 0 Å². The molecule has 0 aromatic rings. The molecule has 0 N–H and O–H groups in total. The molecule has 0 aliphatic carbocycles. The third-order valence-electron chi connectivity index (χ3n) is 1.39. The van der Waals surface area contributed by atoms with Crippen LogP contribution in [0.5, 0.6) is 0 Å². The van der Waals surface area contributed by atoms with E-state index in [2.05, 4.69) is 18.3 Å². The van der Waals surface area contributed by atoms with Crippen molar-refractivity contribution in [3.63, 3.8) is 0 Å². The maximum atomic E-state index is 4.13. The summed E-state index contributed by atoms with van der Waals surface area (Å²) < 4.78 is 0. The molecule has 1 nitrogen and oxygen atoms in total. The summed E-state index contributed by atoms with van der Waals surface area (Å²) in [7, 11) is 0. The SMILES string of the molecule is CCCC1=CC=C[N]C1. The first-order chi connectivity index (χ1) is 4.43. The minimum atomic E-state index is 0.921. The van der Waals surface area contributed by atoms with E-state index in [9.17, 15) is 0 Å². The molecular weight excluding hydrogens is 110 g/mol. The van der Waals surface area contributed by atoms with Crippen LogP contribution in [0.15, 0.2) is 23.9 Å². The molecule has 49 valence electrons. The lowest BCUT2D eigenvalue weighted by Gasteiger charge is -2.05. The summed E-state index contributed by atoms with van der Waals surface area (Å²) in [5, 5.41) is 4.13. The summed E-state index contributed by atoms with van der Waals surface area (Å²) in [6, 6.07) is 0. The van der Waals surface area contributed by atoms with Crippen molar-refractivity contribution in [2.75, 3.05) is 6.54 Å². The Bertz CT molecular complexity index is 134. The van der Waals surface area contributed by atoms with Crippen molar-refractivity contribution in [3.05, 3.63) is 23.9 Å². The largest absolute Gasteiger partial charge is 0.289 e. The van der Waals surface area contributed by atoms with Crippen LogP contribution in [-0.4, -0.2) is 6.54 Å². The van der Waals surface area contributed by atoms with Crippen molar-refractivity contribution >= 4 is 0 Å². The summed E-state index contributed by atoms with van der Waals surface area (Å²) in [5.41, 5.74) is 1.46. The highest BCUT2D eigenvalue weighted by Gasteiger charge is 1.96. The zero-order chi connectivity index (χ0) is 6.53. The smallest absolute Gasteiger partial charge is 0.0602 e. The van der Waals surface area contributed by atoms with Gasteiger partial charge in [0.15, 0.2) is 0 Å². The Morgan fingerprint density at radius 1 is 1.67 bits per heavy atom. The zero-order valence-corrected chi connectivity index (χ0v) is 5.80. The topological polar surface area (TPSA) is 14.1 Å². The Morgan fingerprint density at radius 2 is 2.56 bits per heavy atom. The van der Waals surface area contributed by atoms with Crippen molar-refractivity contribution < 1.29 is 0 Å². The summed E-state index contributed by atoms with van der Waals surface area (Å²) in [5.74, 6) is 0. The van der Waals surface area contributed by atoms with E-state index in [1.807, 2.05) is 12.3 Å². The summed E-state index contributed by atoms with van der Waals surface area (Å²) in [6.07, 6.45) is 8.47. The third-order valence-corrected chi connectivity index (χ3v) is 1.39. The van der Waals surface area contributed by atoms with Crippen LogP contribution in [0, 0.1) is 0 Å². The molecule has 0 fully saturated rings. The van der Waals surface area contributed by atoms with Crippen molar-refractivity contribution in [3.8, 4) is 0 Å². The summed E-state index contributed by atoms with van der Waals surface area (Å²) in [6.45, 7) is 3.11. The second-order valence-corrected chi connectivity index (χ2v) is 2.26. The van der Waals surface area contributed by atoms with Crippen LogP contribution in [-0.2, 0) is 0 Å². The van der Waals surface area contributed by atoms with E-state index in [1.54, 1.807) is 0 Å². The van der Waals surface area contributed by atoms with Gasteiger partial charge in [-0.1, -0.05) is 19.4 Å². The average Bonchev–Trinajstić information content (AvgIpc) is 1.91. The van der Waals surface area contributed by atoms with Crippen LogP contribution in [0.1, 0.15) is 19.8 Å². The van der Waals surface area contributed by atoms with Gasteiger partial charge in [-0.15, -0.1) is 0 Å². The summed E-state index contributed by atoms with van der Waals surface area (Å²) >= 11 is 0. The molecule has 0 saturated heterocycles. The van der Waals surface area contributed by atoms with Gasteiger partial charge < -0.3 is 0 Å². The van der Waals surface area contributed by atoms with Gasteiger partial charge in [0.05, 0.1) is 6.54 Å². The number of hydrogen-bond acceptors (Lipinski definition) is 0. The first-order valence-corrected chi connectivity index (χ1v) is 3.44. The molecule has 9 heavy (non-hydrogen) atoms. The highest BCUT2D eigenvalue weighted by Crippen LogP contribution is 2.06. The predicted molar refractivity (Wildman–Crippen MR) is 39.1 cm³/mol. The number of rotatable bonds is 2. The second kappa shape index (κ2) is 3.33. The zero-order valence-electron chi connectivity index (χ0n) is 5.80. The van der Waals surface area contributed by atoms with Gasteiger partial charge in [-0.2, -0.15) is 0 Å². The molecule has 0 atom stereocenters. The Morgan fingerprint density at radius 3 is 3.11 bits per heavy atom. The molecule has 1 aliphatic rings. The lowest BCUT2D eigenvalue weighted by atomic mass is 10.1. The predicted octanol–water partition coefficient (Wildman–Crippen LogP) is 1.84. The van der Waals surface area contributed by atoms with Crippen LogP contribution in [0.25, 0.3) is 0 Å². The molecule has 0 bridgehead atoms. The van der Waals surface area contributed by atoms with Gasteiger partial charge in [0.2, 0.25) is 0 Å². The quantitative estimate of drug-likeness (QED) is 0.530. The van der Waals surface area contributed by atoms with Crippen molar-refractivity contribution in [1.82, 2.24) is 5.32 Å². The molecule has 1 aliphatic heterocycles. The number of hydrogen-bond donors (Lipinski definition) is 0. The molecule has 0 unspecified atom stereocenters. The molecule has 0 aromatic heterocycles. The lowest BCUT2D eigenvalue weighted by molar-refractivity contribution is 0.807. The van der Waals surface area contributed by atoms with E-state index in [0.29, 0.717) is 0 Å². The standard InChI is InChI=1S/C8H12N/c1-2-4-8-5-3-6-9-7-8/h3,5-6H,2,4,7H2,1H3. The molecule has 1 rings (SSSR count). The molecule has 0 saturated carbocycles. The van der Waals surface area contributed by atoms with Gasteiger partial charge in [0.1, 0.15) is 0 Å². The van der Waals surface area contributed by atoms with Gasteiger partial charge >= 0.3 is 0 Å². The Kier molecular flexibility index (Phi) is 2.37. The molecule has 1 heteroatoms. The normalized spacial score (nSPS) is 16.8. The van der Waals surface area contributed by atoms with Gasteiger partial charge in [0, 0.05) is 6.20 Å². The number of allylic oxidation sites excluding steroid dienone is 2. The maximum Gasteiger partial charge on any atom is 0.0602 e. The van der Waals surface area contributed by atoms with Crippen LogP contribution in [0.3, 0.4) is 0 Å². The lowest BCUT2D eigenvalue weighted by Crippen LogP contribution is -2.05. The van der Waals surface area contributed by atoms with E-state index in [1.165, 1.54) is 18.4 Å². The van der Waals surface area contributed by atoms with Crippen molar-refractivity contribution in [2.24, 2.45) is 0 Å². The first-order valence-electron chi connectivity index (χ1n) is 3.44. The van der Waals surface area contributed by atoms with E-state index >= 15 is 0 Å². The third kappa shape index (κ3) is 1.92. The van der Waals surface area contributed by atoms with Gasteiger partial charge in [-0.05, 0) is 18.1 Å².